The summed E-state index contributed by atoms with van der Waals surface area (Å²) in [6, 6.07) is -5.57. The third kappa shape index (κ3) is 3.01. The van der Waals surface area contributed by atoms with Crippen molar-refractivity contribution in [3.05, 3.63) is 28.9 Å². The van der Waals surface area contributed by atoms with Crippen molar-refractivity contribution in [3.8, 4) is 0 Å². The van der Waals surface area contributed by atoms with Crippen LogP contribution in [-0.2, 0) is 7.05 Å². The Balaban J connectivity index is 3.47. The SMILES string of the molecule is Cn1cccc1C(=O)[N+](=O)C(F)(F)C(F)(F)C(F)(F)C(F)(F)C(F)(F)C(F)F. The van der Waals surface area contributed by atoms with Crippen molar-refractivity contribution in [2.45, 2.75) is 36.2 Å². The second-order valence-corrected chi connectivity index (χ2v) is 5.29. The summed E-state index contributed by atoms with van der Waals surface area (Å²) >= 11 is 0. The second kappa shape index (κ2) is 6.65. The summed E-state index contributed by atoms with van der Waals surface area (Å²) in [6.45, 7) is 0. The topological polar surface area (TPSA) is 42.1 Å². The van der Waals surface area contributed by atoms with E-state index in [1.165, 1.54) is 0 Å². The first-order chi connectivity index (χ1) is 12.3. The van der Waals surface area contributed by atoms with Crippen molar-refractivity contribution in [2.24, 2.45) is 7.05 Å². The van der Waals surface area contributed by atoms with Gasteiger partial charge >= 0.3 is 42.1 Å². The first-order valence-corrected chi connectivity index (χ1v) is 6.58. The molecule has 0 aromatic carbocycles. The average molecular weight is 439 g/mol. The number of hydrogen-bond acceptors (Lipinski definition) is 2. The van der Waals surface area contributed by atoms with Crippen LogP contribution in [0.15, 0.2) is 18.3 Å². The highest BCUT2D eigenvalue weighted by Crippen LogP contribution is 2.58. The van der Waals surface area contributed by atoms with E-state index in [9.17, 15) is 62.4 Å². The molecule has 0 aliphatic carbocycles. The Bertz CT molecular complexity index is 770. The molecule has 0 bridgehead atoms. The number of nitroso groups, excluding NO2 is 1. The second-order valence-electron chi connectivity index (χ2n) is 5.29. The monoisotopic (exact) mass is 439 g/mol. The van der Waals surface area contributed by atoms with Gasteiger partial charge in [-0.15, -0.1) is 8.78 Å². The van der Waals surface area contributed by atoms with Gasteiger partial charge < -0.3 is 4.57 Å². The average Bonchev–Trinajstić information content (AvgIpc) is 2.98. The van der Waals surface area contributed by atoms with E-state index < -0.39 is 52.5 Å². The number of hydrogen-bond donors (Lipinski definition) is 0. The van der Waals surface area contributed by atoms with Crippen molar-refractivity contribution < 1.29 is 62.2 Å². The quantitative estimate of drug-likeness (QED) is 0.361. The van der Waals surface area contributed by atoms with E-state index in [0.29, 0.717) is 10.6 Å². The zero-order valence-electron chi connectivity index (χ0n) is 13.1. The first kappa shape index (κ1) is 23.7. The number of halogens is 12. The van der Waals surface area contributed by atoms with Crippen LogP contribution in [0.25, 0.3) is 0 Å². The number of aryl methyl sites for hydroxylation is 1. The summed E-state index contributed by atoms with van der Waals surface area (Å²) in [5.74, 6) is -33.1. The van der Waals surface area contributed by atoms with E-state index in [0.717, 1.165) is 19.3 Å². The molecule has 0 radical (unpaired) electrons. The molecule has 28 heavy (non-hydrogen) atoms. The van der Waals surface area contributed by atoms with Gasteiger partial charge in [-0.05, 0) is 12.1 Å². The molecule has 16 heteroatoms. The van der Waals surface area contributed by atoms with Crippen LogP contribution in [0.4, 0.5) is 52.7 Å². The molecule has 4 nitrogen and oxygen atoms in total. The van der Waals surface area contributed by atoms with Gasteiger partial charge in [-0.1, -0.05) is 0 Å². The van der Waals surface area contributed by atoms with E-state index >= 15 is 0 Å². The van der Waals surface area contributed by atoms with Crippen LogP contribution in [0, 0.1) is 4.91 Å². The van der Waals surface area contributed by atoms with Gasteiger partial charge in [-0.25, -0.2) is 13.6 Å². The minimum atomic E-state index is -7.89. The van der Waals surface area contributed by atoms with Gasteiger partial charge in [0.05, 0.1) is 0 Å². The van der Waals surface area contributed by atoms with Gasteiger partial charge in [0, 0.05) is 18.2 Å². The molecule has 0 spiro atoms. The minimum absolute atomic E-state index is 0.569. The normalized spacial score (nSPS) is 14.5. The number of carbonyl (C=O) groups excluding carboxylic acids is 1. The zero-order chi connectivity index (χ0) is 22.5. The molecule has 0 aliphatic heterocycles. The fraction of sp³-hybridized carbons (Fsp3) is 0.583. The Labute approximate surface area is 146 Å². The Hall–Kier alpha value is -2.29. The number of aromatic nitrogens is 1. The number of rotatable bonds is 7. The molecule has 1 heterocycles. The molecule has 0 N–H and O–H groups in total. The molecule has 0 saturated heterocycles. The van der Waals surface area contributed by atoms with Gasteiger partial charge in [0.2, 0.25) is 0 Å². The molecule has 0 aliphatic rings. The van der Waals surface area contributed by atoms with Crippen molar-refractivity contribution >= 4 is 5.91 Å². The van der Waals surface area contributed by atoms with Gasteiger partial charge in [0.1, 0.15) is 0 Å². The smallest absolute Gasteiger partial charge is 0.343 e. The van der Waals surface area contributed by atoms with Crippen LogP contribution in [0.2, 0.25) is 0 Å². The number of alkyl halides is 12. The van der Waals surface area contributed by atoms with Gasteiger partial charge in [-0.2, -0.15) is 35.1 Å². The molecule has 1 aromatic rings. The summed E-state index contributed by atoms with van der Waals surface area (Å²) in [7, 11) is 0.906. The lowest BCUT2D eigenvalue weighted by Crippen LogP contribution is -2.70. The number of nitrogens with zero attached hydrogens (tertiary/aromatic N) is 2. The maximum atomic E-state index is 13.6. The highest BCUT2D eigenvalue weighted by atomic mass is 19.4. The molecule has 0 fully saturated rings. The lowest BCUT2D eigenvalue weighted by atomic mass is 9.97. The van der Waals surface area contributed by atoms with Crippen molar-refractivity contribution in [1.29, 1.82) is 0 Å². The molecule has 1 amide bonds. The molecule has 0 unspecified atom stereocenters. The molecule has 1 rings (SSSR count). The van der Waals surface area contributed by atoms with Crippen LogP contribution in [0.5, 0.6) is 0 Å². The summed E-state index contributed by atoms with van der Waals surface area (Å²) < 4.78 is 154. The van der Waals surface area contributed by atoms with Crippen LogP contribution < -0.4 is 0 Å². The Morgan fingerprint density at radius 1 is 0.929 bits per heavy atom. The Morgan fingerprint density at radius 3 is 1.75 bits per heavy atom. The molecular weight excluding hydrogens is 432 g/mol. The molecule has 0 saturated carbocycles. The fourth-order valence-electron chi connectivity index (χ4n) is 1.77. The van der Waals surface area contributed by atoms with Crippen LogP contribution in [-0.4, -0.2) is 51.4 Å². The standard InChI is InChI=1S/C12H7F12N2O2/c1-25-4-2-3-5(25)6(27)26(28)12(23,24)11(21,22)10(19,20)9(17,18)8(15,16)7(13)14/h2-4,7H,1H3/q+1. The lowest BCUT2D eigenvalue weighted by molar-refractivity contribution is -0.666. The van der Waals surface area contributed by atoms with E-state index in [2.05, 4.69) is 0 Å². The third-order valence-corrected chi connectivity index (χ3v) is 3.46. The van der Waals surface area contributed by atoms with E-state index in [1.807, 2.05) is 0 Å². The van der Waals surface area contributed by atoms with Crippen LogP contribution in [0.3, 0.4) is 0 Å². The maximum Gasteiger partial charge on any atom is 0.582 e. The predicted octanol–water partition coefficient (Wildman–Crippen LogP) is 4.34. The van der Waals surface area contributed by atoms with E-state index in [-0.39, 0.29) is 0 Å². The highest BCUT2D eigenvalue weighted by Gasteiger charge is 2.93. The van der Waals surface area contributed by atoms with Gasteiger partial charge in [-0.3, -0.25) is 0 Å². The highest BCUT2D eigenvalue weighted by molar-refractivity contribution is 5.86. The summed E-state index contributed by atoms with van der Waals surface area (Å²) in [5, 5.41) is 0. The van der Waals surface area contributed by atoms with E-state index in [1.54, 1.807) is 0 Å². The maximum absolute atomic E-state index is 13.6. The molecule has 0 atom stereocenters. The van der Waals surface area contributed by atoms with Crippen molar-refractivity contribution in [2.75, 3.05) is 0 Å². The predicted molar refractivity (Wildman–Crippen MR) is 64.1 cm³/mol. The van der Waals surface area contributed by atoms with Gasteiger partial charge in [0.15, 0.2) is 10.5 Å². The van der Waals surface area contributed by atoms with E-state index in [4.69, 9.17) is 0 Å². The molecule has 1 aromatic heterocycles. The fourth-order valence-corrected chi connectivity index (χ4v) is 1.77. The molecular formula is C12H7F12N2O2+. The summed E-state index contributed by atoms with van der Waals surface area (Å²) in [6.07, 6.45) is -4.75. The van der Waals surface area contributed by atoms with Crippen molar-refractivity contribution in [3.63, 3.8) is 0 Å². The Kier molecular flexibility index (Phi) is 5.64. The van der Waals surface area contributed by atoms with Crippen LogP contribution >= 0.6 is 0 Å². The summed E-state index contributed by atoms with van der Waals surface area (Å²) in [5.41, 5.74) is -1.10. The largest absolute Gasteiger partial charge is 0.582 e. The third-order valence-electron chi connectivity index (χ3n) is 3.46. The lowest BCUT2D eigenvalue weighted by Gasteiger charge is -2.35. The number of carbonyl (C=O) groups is 1. The van der Waals surface area contributed by atoms with Gasteiger partial charge in [0.25, 0.3) is 0 Å². The van der Waals surface area contributed by atoms with Crippen LogP contribution in [0.1, 0.15) is 10.5 Å². The Morgan fingerprint density at radius 2 is 1.39 bits per heavy atom. The number of amides is 1. The van der Waals surface area contributed by atoms with Crippen molar-refractivity contribution in [1.82, 2.24) is 4.57 Å². The first-order valence-electron chi connectivity index (χ1n) is 6.58. The zero-order valence-corrected chi connectivity index (χ0v) is 13.1. The molecule has 160 valence electrons. The minimum Gasteiger partial charge on any atom is -0.343 e. The summed E-state index contributed by atoms with van der Waals surface area (Å²) in [4.78, 5) is 22.7.